The molecule has 0 amide bonds. The highest BCUT2D eigenvalue weighted by molar-refractivity contribution is 14.1. The van der Waals surface area contributed by atoms with Crippen LogP contribution in [-0.4, -0.2) is 6.61 Å². The summed E-state index contributed by atoms with van der Waals surface area (Å²) in [4.78, 5) is 0. The Morgan fingerprint density at radius 3 is 2.92 bits per heavy atom. The van der Waals surface area contributed by atoms with Gasteiger partial charge in [0.05, 0.1) is 0 Å². The molecule has 0 aliphatic carbocycles. The van der Waals surface area contributed by atoms with Crippen LogP contribution in [0.1, 0.15) is 0 Å². The lowest BCUT2D eigenvalue weighted by molar-refractivity contribution is 0.348. The molecule has 1 aromatic carbocycles. The summed E-state index contributed by atoms with van der Waals surface area (Å²) >= 11 is 2.02. The monoisotopic (exact) mass is 276 g/mol. The fraction of sp³-hybridized carbons (Fsp3) is 0.111. The van der Waals surface area contributed by atoms with E-state index in [4.69, 9.17) is 11.2 Å². The van der Waals surface area contributed by atoms with Gasteiger partial charge in [-0.25, -0.2) is 4.39 Å². The Morgan fingerprint density at radius 1 is 1.58 bits per heavy atom. The number of benzene rings is 1. The van der Waals surface area contributed by atoms with Crippen LogP contribution in [0, 0.1) is 21.7 Å². The van der Waals surface area contributed by atoms with Gasteiger partial charge in [0.2, 0.25) is 0 Å². The Morgan fingerprint density at radius 2 is 2.33 bits per heavy atom. The van der Waals surface area contributed by atoms with E-state index in [-0.39, 0.29) is 18.2 Å². The Labute approximate surface area is 84.1 Å². The lowest BCUT2D eigenvalue weighted by atomic mass is 10.3. The van der Waals surface area contributed by atoms with Crippen molar-refractivity contribution in [3.05, 3.63) is 27.6 Å². The summed E-state index contributed by atoms with van der Waals surface area (Å²) < 4.78 is 18.7. The first-order valence-electron chi connectivity index (χ1n) is 3.25. The van der Waals surface area contributed by atoms with E-state index in [0.29, 0.717) is 0 Å². The van der Waals surface area contributed by atoms with Crippen molar-refractivity contribution in [1.29, 1.82) is 0 Å². The van der Waals surface area contributed by atoms with E-state index in [1.54, 1.807) is 12.1 Å². The fourth-order valence-corrected chi connectivity index (χ4v) is 1.16. The van der Waals surface area contributed by atoms with Gasteiger partial charge >= 0.3 is 0 Å². The van der Waals surface area contributed by atoms with Gasteiger partial charge in [-0.1, -0.05) is 5.92 Å². The highest BCUT2D eigenvalue weighted by atomic mass is 127. The van der Waals surface area contributed by atoms with Crippen LogP contribution in [0.2, 0.25) is 0 Å². The summed E-state index contributed by atoms with van der Waals surface area (Å²) in [6.07, 6.45) is 4.96. The fourth-order valence-electron chi connectivity index (χ4n) is 0.712. The molecule has 62 valence electrons. The van der Waals surface area contributed by atoms with Crippen molar-refractivity contribution in [1.82, 2.24) is 0 Å². The molecule has 0 aromatic heterocycles. The highest BCUT2D eigenvalue weighted by Crippen LogP contribution is 2.18. The first-order valence-corrected chi connectivity index (χ1v) is 4.33. The third kappa shape index (κ3) is 2.38. The van der Waals surface area contributed by atoms with Crippen LogP contribution in [-0.2, 0) is 0 Å². The third-order valence-electron chi connectivity index (χ3n) is 1.20. The van der Waals surface area contributed by atoms with Crippen molar-refractivity contribution in [2.75, 3.05) is 6.61 Å². The number of hydrogen-bond donors (Lipinski definition) is 0. The Hall–Kier alpha value is -0.760. The van der Waals surface area contributed by atoms with Gasteiger partial charge in [0.15, 0.2) is 11.6 Å². The van der Waals surface area contributed by atoms with Gasteiger partial charge in [-0.05, 0) is 40.8 Å². The maximum Gasteiger partial charge on any atom is 0.166 e. The Bertz CT molecular complexity index is 317. The van der Waals surface area contributed by atoms with Crippen molar-refractivity contribution in [3.8, 4) is 18.1 Å². The maximum absolute atomic E-state index is 13.0. The van der Waals surface area contributed by atoms with Gasteiger partial charge < -0.3 is 4.74 Å². The average Bonchev–Trinajstić information content (AvgIpc) is 2.03. The smallest absolute Gasteiger partial charge is 0.166 e. The van der Waals surface area contributed by atoms with E-state index < -0.39 is 0 Å². The summed E-state index contributed by atoms with van der Waals surface area (Å²) in [6.45, 7) is 0.0948. The molecule has 0 aliphatic rings. The quantitative estimate of drug-likeness (QED) is 0.595. The van der Waals surface area contributed by atoms with E-state index >= 15 is 0 Å². The normalized spacial score (nSPS) is 9.08. The van der Waals surface area contributed by atoms with E-state index in [0.717, 1.165) is 3.57 Å². The second-order valence-electron chi connectivity index (χ2n) is 2.07. The molecule has 1 nitrogen and oxygen atoms in total. The Kier molecular flexibility index (Phi) is 3.35. The van der Waals surface area contributed by atoms with Crippen molar-refractivity contribution >= 4 is 22.6 Å². The zero-order valence-corrected chi connectivity index (χ0v) is 8.34. The topological polar surface area (TPSA) is 9.23 Å². The molecule has 0 bridgehead atoms. The molecular weight excluding hydrogens is 270 g/mol. The third-order valence-corrected chi connectivity index (χ3v) is 1.88. The van der Waals surface area contributed by atoms with Crippen molar-refractivity contribution in [2.24, 2.45) is 0 Å². The molecule has 0 N–H and O–H groups in total. The van der Waals surface area contributed by atoms with Crippen molar-refractivity contribution in [3.63, 3.8) is 0 Å². The second kappa shape index (κ2) is 4.31. The van der Waals surface area contributed by atoms with Gasteiger partial charge in [-0.3, -0.25) is 0 Å². The molecule has 3 heteroatoms. The first-order chi connectivity index (χ1) is 5.74. The number of rotatable bonds is 2. The summed E-state index contributed by atoms with van der Waals surface area (Å²) in [6, 6.07) is 4.72. The number of ether oxygens (including phenoxy) is 1. The van der Waals surface area contributed by atoms with Crippen LogP contribution in [0.4, 0.5) is 4.39 Å². The van der Waals surface area contributed by atoms with E-state index in [9.17, 15) is 4.39 Å². The van der Waals surface area contributed by atoms with Gasteiger partial charge in [0.25, 0.3) is 0 Å². The molecule has 0 radical (unpaired) electrons. The molecule has 1 rings (SSSR count). The van der Waals surface area contributed by atoms with E-state index in [2.05, 4.69) is 5.92 Å². The highest BCUT2D eigenvalue weighted by Gasteiger charge is 2.01. The number of hydrogen-bond acceptors (Lipinski definition) is 1. The lowest BCUT2D eigenvalue weighted by Crippen LogP contribution is -1.95. The van der Waals surface area contributed by atoms with Crippen LogP contribution >= 0.6 is 22.6 Å². The molecular formula is C9H6FIO. The zero-order chi connectivity index (χ0) is 8.97. The van der Waals surface area contributed by atoms with Crippen molar-refractivity contribution < 1.29 is 9.13 Å². The molecule has 0 spiro atoms. The summed E-state index contributed by atoms with van der Waals surface area (Å²) in [5, 5.41) is 0. The van der Waals surface area contributed by atoms with Gasteiger partial charge in [-0.15, -0.1) is 6.42 Å². The molecule has 0 aliphatic heterocycles. The SMILES string of the molecule is C#CCOc1ccc(I)cc1F. The van der Waals surface area contributed by atoms with E-state index in [1.165, 1.54) is 6.07 Å². The van der Waals surface area contributed by atoms with Crippen LogP contribution in [0.5, 0.6) is 5.75 Å². The minimum Gasteiger partial charge on any atom is -0.478 e. The minimum absolute atomic E-state index is 0.0948. The largest absolute Gasteiger partial charge is 0.478 e. The summed E-state index contributed by atoms with van der Waals surface area (Å²) in [7, 11) is 0. The first kappa shape index (κ1) is 9.33. The summed E-state index contributed by atoms with van der Waals surface area (Å²) in [5.41, 5.74) is 0. The van der Waals surface area contributed by atoms with Gasteiger partial charge in [-0.2, -0.15) is 0 Å². The molecule has 0 heterocycles. The van der Waals surface area contributed by atoms with Crippen LogP contribution in [0.3, 0.4) is 0 Å². The molecule has 0 fully saturated rings. The molecule has 0 unspecified atom stereocenters. The molecule has 12 heavy (non-hydrogen) atoms. The number of terminal acetylenes is 1. The maximum atomic E-state index is 13.0. The van der Waals surface area contributed by atoms with Crippen LogP contribution in [0.15, 0.2) is 18.2 Å². The van der Waals surface area contributed by atoms with Gasteiger partial charge in [0.1, 0.15) is 6.61 Å². The van der Waals surface area contributed by atoms with Gasteiger partial charge in [0, 0.05) is 3.57 Å². The Balaban J connectivity index is 2.81. The van der Waals surface area contributed by atoms with Crippen LogP contribution < -0.4 is 4.74 Å². The van der Waals surface area contributed by atoms with E-state index in [1.807, 2.05) is 22.6 Å². The number of halogens is 2. The van der Waals surface area contributed by atoms with Crippen LogP contribution in [0.25, 0.3) is 0 Å². The standard InChI is InChI=1S/C9H6FIO/c1-2-5-12-9-4-3-7(11)6-8(9)10/h1,3-4,6H,5H2. The predicted molar refractivity (Wildman–Crippen MR) is 53.4 cm³/mol. The van der Waals surface area contributed by atoms with Crippen molar-refractivity contribution in [2.45, 2.75) is 0 Å². The second-order valence-corrected chi connectivity index (χ2v) is 3.31. The lowest BCUT2D eigenvalue weighted by Gasteiger charge is -2.02. The average molecular weight is 276 g/mol. The predicted octanol–water partition coefficient (Wildman–Crippen LogP) is 2.44. The molecule has 1 aromatic rings. The minimum atomic E-state index is -0.378. The zero-order valence-electron chi connectivity index (χ0n) is 6.18. The molecule has 0 saturated carbocycles. The molecule has 0 saturated heterocycles. The summed E-state index contributed by atoms with van der Waals surface area (Å²) in [5.74, 6) is 2.09. The molecule has 0 atom stereocenters.